The number of carboxylic acid groups (broad SMARTS) is 1. The third kappa shape index (κ3) is 15.0. The number of hydrogen-bond acceptors (Lipinski definition) is 10. The number of carboxylic acids is 1. The summed E-state index contributed by atoms with van der Waals surface area (Å²) >= 11 is 0. The van der Waals surface area contributed by atoms with E-state index in [0.717, 1.165) is 64.0 Å². The van der Waals surface area contributed by atoms with Gasteiger partial charge >= 0.3 is 5.97 Å². The normalized spacial score (nSPS) is 14.5. The molecule has 1 aliphatic heterocycles. The van der Waals surface area contributed by atoms with E-state index in [0.29, 0.717) is 91.1 Å². The number of anilines is 1. The van der Waals surface area contributed by atoms with E-state index in [1.807, 2.05) is 73.7 Å². The van der Waals surface area contributed by atoms with Gasteiger partial charge in [0, 0.05) is 50.0 Å². The molecular weight excluding hydrogens is 763 g/mol. The lowest BCUT2D eigenvalue weighted by Gasteiger charge is -2.25. The second-order valence-corrected chi connectivity index (χ2v) is 15.7. The molecule has 0 unspecified atom stereocenters. The van der Waals surface area contributed by atoms with E-state index in [1.165, 1.54) is 0 Å². The molecule has 1 amide bonds. The number of fused-ring (bicyclic) bond motifs is 1. The number of aromatic nitrogens is 1. The van der Waals surface area contributed by atoms with E-state index < -0.39 is 17.9 Å². The van der Waals surface area contributed by atoms with Crippen LogP contribution < -0.4 is 10.1 Å². The lowest BCUT2D eigenvalue weighted by Crippen LogP contribution is -2.41. The summed E-state index contributed by atoms with van der Waals surface area (Å²) in [6.07, 6.45) is 4.96. The molecule has 2 N–H and O–H groups in total. The summed E-state index contributed by atoms with van der Waals surface area (Å²) in [5, 5.41) is 15.1. The number of aliphatic carboxylic acids is 1. The number of carbonyl (C=O) groups is 3. The highest BCUT2D eigenvalue weighted by molar-refractivity contribution is 6.00. The molecule has 1 aromatic heterocycles. The monoisotopic (exact) mass is 825 g/mol. The molecule has 4 aromatic rings. The van der Waals surface area contributed by atoms with Crippen molar-refractivity contribution in [3.8, 4) is 16.9 Å². The van der Waals surface area contributed by atoms with Crippen LogP contribution in [-0.4, -0.2) is 111 Å². The summed E-state index contributed by atoms with van der Waals surface area (Å²) in [6, 6.07) is 23.2. The van der Waals surface area contributed by atoms with Crippen LogP contribution in [0.5, 0.6) is 5.75 Å². The Bertz CT molecular complexity index is 1940. The standard InChI is InChI=1S/C48H63N3O9/c1-35(2)19-23-56-24-25-57-26-27-58-28-29-59-30-31-60-45-17-16-40(41-8-4-5-9-42(41)45)38-14-12-37(13-15-38)39(34-48(54)55)33-44(52)43-10-7-22-51(43)47(53)11-6-20-49-46-32-36(3)18-21-50-46/h4-5,8-9,12-18,21,32,35,39,43H,6-7,10-11,19-20,22-31,33-34H2,1-3H3,(H,49,50)(H,54,55)/t39-,43+/m0/s1. The van der Waals surface area contributed by atoms with Crippen LogP contribution in [0, 0.1) is 12.8 Å². The van der Waals surface area contributed by atoms with Gasteiger partial charge in [-0.2, -0.15) is 0 Å². The van der Waals surface area contributed by atoms with Crippen LogP contribution in [-0.2, 0) is 33.3 Å². The number of nitrogens with zero attached hydrogens (tertiary/aromatic N) is 2. The van der Waals surface area contributed by atoms with Crippen molar-refractivity contribution in [1.29, 1.82) is 0 Å². The second-order valence-electron chi connectivity index (χ2n) is 15.7. The Labute approximate surface area is 354 Å². The maximum atomic E-state index is 13.7. The number of pyridine rings is 1. The molecule has 324 valence electrons. The second kappa shape index (κ2) is 25.0. The third-order valence-electron chi connectivity index (χ3n) is 10.6. The van der Waals surface area contributed by atoms with Crippen molar-refractivity contribution in [1.82, 2.24) is 9.88 Å². The molecule has 1 fully saturated rings. The van der Waals surface area contributed by atoms with Crippen LogP contribution in [0.15, 0.2) is 79.0 Å². The first-order chi connectivity index (χ1) is 29.2. The largest absolute Gasteiger partial charge is 0.491 e. The number of ketones is 1. The summed E-state index contributed by atoms with van der Waals surface area (Å²) in [6.45, 7) is 12.2. The van der Waals surface area contributed by atoms with Gasteiger partial charge < -0.3 is 39.0 Å². The third-order valence-corrected chi connectivity index (χ3v) is 10.6. The fraction of sp³-hybridized carbons (Fsp3) is 0.500. The zero-order valence-corrected chi connectivity index (χ0v) is 35.6. The number of likely N-dealkylation sites (tertiary alicyclic amines) is 1. The Morgan fingerprint density at radius 1 is 0.817 bits per heavy atom. The van der Waals surface area contributed by atoms with Crippen LogP contribution >= 0.6 is 0 Å². The summed E-state index contributed by atoms with van der Waals surface area (Å²) in [5.41, 5.74) is 3.86. The minimum absolute atomic E-state index is 0.0472. The van der Waals surface area contributed by atoms with Crippen molar-refractivity contribution in [2.75, 3.05) is 77.9 Å². The SMILES string of the molecule is Cc1ccnc(NCCCC(=O)N2CCC[C@@H]2C(=O)C[C@@H](CC(=O)O)c2ccc(-c3ccc(OCCOCCOCCOCCOCCC(C)C)c4ccccc34)cc2)c1. The first-order valence-corrected chi connectivity index (χ1v) is 21.5. The highest BCUT2D eigenvalue weighted by Crippen LogP contribution is 2.36. The van der Waals surface area contributed by atoms with E-state index in [9.17, 15) is 19.5 Å². The van der Waals surface area contributed by atoms with E-state index in [4.69, 9.17) is 23.7 Å². The van der Waals surface area contributed by atoms with E-state index in [-0.39, 0.29) is 24.5 Å². The number of hydrogen-bond donors (Lipinski definition) is 2. The minimum Gasteiger partial charge on any atom is -0.491 e. The van der Waals surface area contributed by atoms with Gasteiger partial charge in [-0.15, -0.1) is 0 Å². The van der Waals surface area contributed by atoms with Gasteiger partial charge in [0.25, 0.3) is 0 Å². The Balaban J connectivity index is 1.08. The van der Waals surface area contributed by atoms with Gasteiger partial charge in [0.05, 0.1) is 58.7 Å². The molecule has 0 spiro atoms. The van der Waals surface area contributed by atoms with Crippen LogP contribution in [0.25, 0.3) is 21.9 Å². The Kier molecular flexibility index (Phi) is 19.3. The molecule has 0 saturated carbocycles. The number of benzene rings is 3. The van der Waals surface area contributed by atoms with Crippen LogP contribution in [0.1, 0.15) is 75.8 Å². The molecule has 2 heterocycles. The molecule has 2 atom stereocenters. The molecule has 1 saturated heterocycles. The van der Waals surface area contributed by atoms with Crippen LogP contribution in [0.4, 0.5) is 5.82 Å². The van der Waals surface area contributed by atoms with E-state index >= 15 is 0 Å². The van der Waals surface area contributed by atoms with Crippen molar-refractivity contribution >= 4 is 34.3 Å². The van der Waals surface area contributed by atoms with Crippen molar-refractivity contribution in [3.63, 3.8) is 0 Å². The topological polar surface area (TPSA) is 146 Å². The Morgan fingerprint density at radius 3 is 2.15 bits per heavy atom. The van der Waals surface area contributed by atoms with Crippen LogP contribution in [0.2, 0.25) is 0 Å². The zero-order valence-electron chi connectivity index (χ0n) is 35.6. The van der Waals surface area contributed by atoms with Crippen molar-refractivity contribution < 1.29 is 43.2 Å². The van der Waals surface area contributed by atoms with E-state index in [2.05, 4.69) is 30.2 Å². The fourth-order valence-corrected chi connectivity index (χ4v) is 7.41. The van der Waals surface area contributed by atoms with Gasteiger partial charge in [0.15, 0.2) is 5.78 Å². The molecule has 1 aliphatic rings. The number of nitrogens with one attached hydrogen (secondary N) is 1. The summed E-state index contributed by atoms with van der Waals surface area (Å²) < 4.78 is 28.5. The van der Waals surface area contributed by atoms with Gasteiger partial charge in [0.1, 0.15) is 18.2 Å². The molecule has 3 aromatic carbocycles. The van der Waals surface area contributed by atoms with Crippen LogP contribution in [0.3, 0.4) is 0 Å². The Morgan fingerprint density at radius 2 is 1.48 bits per heavy atom. The predicted octanol–water partition coefficient (Wildman–Crippen LogP) is 8.10. The number of ether oxygens (including phenoxy) is 5. The summed E-state index contributed by atoms with van der Waals surface area (Å²) in [4.78, 5) is 45.0. The average Bonchev–Trinajstić information content (AvgIpc) is 3.74. The summed E-state index contributed by atoms with van der Waals surface area (Å²) in [7, 11) is 0. The first kappa shape index (κ1) is 46.2. The smallest absolute Gasteiger partial charge is 0.303 e. The number of amides is 1. The van der Waals surface area contributed by atoms with Gasteiger partial charge in [-0.25, -0.2) is 4.98 Å². The lowest BCUT2D eigenvalue weighted by atomic mass is 9.87. The van der Waals surface area contributed by atoms with Gasteiger partial charge in [-0.3, -0.25) is 14.4 Å². The maximum absolute atomic E-state index is 13.7. The maximum Gasteiger partial charge on any atom is 0.303 e. The van der Waals surface area contributed by atoms with Gasteiger partial charge in [-0.1, -0.05) is 68.4 Å². The molecule has 12 nitrogen and oxygen atoms in total. The Hall–Kier alpha value is -4.88. The molecule has 0 radical (unpaired) electrons. The number of carbonyl (C=O) groups excluding carboxylic acids is 2. The van der Waals surface area contributed by atoms with Crippen molar-refractivity contribution in [2.45, 2.75) is 77.7 Å². The van der Waals surface area contributed by atoms with Gasteiger partial charge in [-0.05, 0) is 84.4 Å². The average molecular weight is 826 g/mol. The lowest BCUT2D eigenvalue weighted by molar-refractivity contribution is -0.139. The highest BCUT2D eigenvalue weighted by Gasteiger charge is 2.35. The van der Waals surface area contributed by atoms with Crippen molar-refractivity contribution in [2.24, 2.45) is 5.92 Å². The highest BCUT2D eigenvalue weighted by atomic mass is 16.6. The number of rotatable bonds is 28. The molecular formula is C48H63N3O9. The fourth-order valence-electron chi connectivity index (χ4n) is 7.41. The first-order valence-electron chi connectivity index (χ1n) is 21.5. The summed E-state index contributed by atoms with van der Waals surface area (Å²) in [5.74, 6) is 0.547. The molecule has 60 heavy (non-hydrogen) atoms. The zero-order chi connectivity index (χ0) is 42.5. The predicted molar refractivity (Wildman–Crippen MR) is 234 cm³/mol. The number of aryl methyl sites for hydroxylation is 1. The quantitative estimate of drug-likeness (QED) is 0.0536. The molecule has 0 bridgehead atoms. The van der Waals surface area contributed by atoms with E-state index in [1.54, 1.807) is 11.1 Å². The van der Waals surface area contributed by atoms with Gasteiger partial charge in [0.2, 0.25) is 5.91 Å². The number of Topliss-reactive ketones (excluding diaryl/α,β-unsaturated/α-hetero) is 1. The molecule has 12 heteroatoms. The molecule has 5 rings (SSSR count). The minimum atomic E-state index is -0.970. The van der Waals surface area contributed by atoms with Crippen molar-refractivity contribution in [3.05, 3.63) is 90.1 Å². The molecule has 0 aliphatic carbocycles.